The minimum atomic E-state index is 0.358. The Kier molecular flexibility index (Phi) is 9.87. The van der Waals surface area contributed by atoms with Crippen LogP contribution >= 0.6 is 11.3 Å². The molecule has 0 saturated carbocycles. The lowest BCUT2D eigenvalue weighted by Gasteiger charge is -2.00. The van der Waals surface area contributed by atoms with Gasteiger partial charge in [-0.1, -0.05) is 50.7 Å². The molecule has 102 valence electrons. The van der Waals surface area contributed by atoms with Crippen LogP contribution in [0.2, 0.25) is 0 Å². The topological polar surface area (TPSA) is 20.2 Å². The van der Waals surface area contributed by atoms with E-state index in [2.05, 4.69) is 29.7 Å². The molecule has 2 heteroatoms. The van der Waals surface area contributed by atoms with Gasteiger partial charge < -0.3 is 5.11 Å². The molecule has 0 aliphatic rings. The second-order valence-corrected chi connectivity index (χ2v) is 5.74. The van der Waals surface area contributed by atoms with E-state index in [-0.39, 0.29) is 0 Å². The molecular formula is C16H26OS. The molecule has 0 atom stereocenters. The number of allylic oxidation sites excluding steroid dienone is 1. The van der Waals surface area contributed by atoms with E-state index in [9.17, 15) is 0 Å². The van der Waals surface area contributed by atoms with Crippen molar-refractivity contribution in [3.63, 3.8) is 0 Å². The van der Waals surface area contributed by atoms with E-state index in [1.807, 2.05) is 0 Å². The van der Waals surface area contributed by atoms with Crippen molar-refractivity contribution in [1.82, 2.24) is 0 Å². The van der Waals surface area contributed by atoms with Crippen molar-refractivity contribution in [2.24, 2.45) is 0 Å². The predicted octanol–water partition coefficient (Wildman–Crippen LogP) is 5.26. The van der Waals surface area contributed by atoms with Crippen LogP contribution < -0.4 is 0 Å². The predicted molar refractivity (Wildman–Crippen MR) is 82.0 cm³/mol. The second kappa shape index (κ2) is 11.5. The third-order valence-electron chi connectivity index (χ3n) is 3.10. The van der Waals surface area contributed by atoms with Gasteiger partial charge >= 0.3 is 0 Å². The average Bonchev–Trinajstić information content (AvgIpc) is 2.89. The summed E-state index contributed by atoms with van der Waals surface area (Å²) < 4.78 is 0. The fourth-order valence-corrected chi connectivity index (χ4v) is 2.67. The third kappa shape index (κ3) is 8.48. The number of hydrogen-bond donors (Lipinski definition) is 1. The van der Waals surface area contributed by atoms with E-state index < -0.39 is 0 Å². The zero-order valence-corrected chi connectivity index (χ0v) is 12.1. The SMILES string of the molecule is OCCCCCCCCCC/C=C/c1cccs1. The van der Waals surface area contributed by atoms with Gasteiger partial charge in [-0.3, -0.25) is 0 Å². The summed E-state index contributed by atoms with van der Waals surface area (Å²) in [4.78, 5) is 1.36. The van der Waals surface area contributed by atoms with Crippen LogP contribution in [0.15, 0.2) is 23.6 Å². The second-order valence-electron chi connectivity index (χ2n) is 4.76. The number of rotatable bonds is 11. The van der Waals surface area contributed by atoms with Gasteiger partial charge in [-0.15, -0.1) is 11.3 Å². The van der Waals surface area contributed by atoms with Gasteiger partial charge in [0.05, 0.1) is 0 Å². The molecule has 0 bridgehead atoms. The molecule has 1 aromatic rings. The van der Waals surface area contributed by atoms with Gasteiger partial charge in [0.2, 0.25) is 0 Å². The average molecular weight is 266 g/mol. The Bertz CT molecular complexity index is 290. The number of hydrogen-bond acceptors (Lipinski definition) is 2. The van der Waals surface area contributed by atoms with Crippen LogP contribution in [0.1, 0.15) is 62.7 Å². The monoisotopic (exact) mass is 266 g/mol. The lowest BCUT2D eigenvalue weighted by Crippen LogP contribution is -1.84. The first-order valence-corrected chi connectivity index (χ1v) is 8.12. The summed E-state index contributed by atoms with van der Waals surface area (Å²) in [6.07, 6.45) is 16.0. The standard InChI is InChI=1S/C16H26OS/c17-14-10-8-6-4-2-1-3-5-7-9-12-16-13-11-15-18-16/h9,11-13,15,17H,1-8,10,14H2/b12-9+. The van der Waals surface area contributed by atoms with Gasteiger partial charge in [0.25, 0.3) is 0 Å². The Morgan fingerprint density at radius 2 is 1.61 bits per heavy atom. The minimum Gasteiger partial charge on any atom is -0.396 e. The molecule has 1 rings (SSSR count). The lowest BCUT2D eigenvalue weighted by molar-refractivity contribution is 0.282. The lowest BCUT2D eigenvalue weighted by atomic mass is 10.1. The molecule has 0 fully saturated rings. The van der Waals surface area contributed by atoms with Gasteiger partial charge in [-0.05, 0) is 36.8 Å². The summed E-state index contributed by atoms with van der Waals surface area (Å²) in [6.45, 7) is 0.358. The molecule has 1 heterocycles. The van der Waals surface area contributed by atoms with Crippen molar-refractivity contribution in [2.75, 3.05) is 6.61 Å². The Balaban J connectivity index is 1.81. The van der Waals surface area contributed by atoms with Crippen LogP contribution in [-0.4, -0.2) is 11.7 Å². The van der Waals surface area contributed by atoms with E-state index in [1.54, 1.807) is 11.3 Å². The first kappa shape index (κ1) is 15.5. The molecule has 0 aliphatic heterocycles. The molecule has 1 N–H and O–H groups in total. The molecule has 0 spiro atoms. The molecule has 1 aromatic heterocycles. The van der Waals surface area contributed by atoms with E-state index in [0.717, 1.165) is 6.42 Å². The molecule has 0 aliphatic carbocycles. The first-order chi connectivity index (χ1) is 8.93. The highest BCUT2D eigenvalue weighted by atomic mass is 32.1. The molecule has 0 radical (unpaired) electrons. The normalized spacial score (nSPS) is 11.4. The van der Waals surface area contributed by atoms with Crippen molar-refractivity contribution in [3.8, 4) is 0 Å². The van der Waals surface area contributed by atoms with Crippen LogP contribution in [0.3, 0.4) is 0 Å². The molecule has 18 heavy (non-hydrogen) atoms. The molecule has 0 unspecified atom stereocenters. The summed E-state index contributed by atoms with van der Waals surface area (Å²) in [5, 5.41) is 10.8. The van der Waals surface area contributed by atoms with Gasteiger partial charge in [0.1, 0.15) is 0 Å². The summed E-state index contributed by atoms with van der Waals surface area (Å²) in [5.74, 6) is 0. The quantitative estimate of drug-likeness (QED) is 0.541. The molecule has 0 amide bonds. The number of thiophene rings is 1. The Labute approximate surface area is 116 Å². The van der Waals surface area contributed by atoms with E-state index in [4.69, 9.17) is 5.11 Å². The summed E-state index contributed by atoms with van der Waals surface area (Å²) in [6, 6.07) is 4.26. The van der Waals surface area contributed by atoms with Crippen LogP contribution in [0.25, 0.3) is 6.08 Å². The van der Waals surface area contributed by atoms with Crippen molar-refractivity contribution in [1.29, 1.82) is 0 Å². The molecule has 0 saturated heterocycles. The fraction of sp³-hybridized carbons (Fsp3) is 0.625. The summed E-state index contributed by atoms with van der Waals surface area (Å²) >= 11 is 1.80. The van der Waals surface area contributed by atoms with Crippen LogP contribution in [0.4, 0.5) is 0 Å². The Hall–Kier alpha value is -0.600. The summed E-state index contributed by atoms with van der Waals surface area (Å²) in [5.41, 5.74) is 0. The van der Waals surface area contributed by atoms with Crippen LogP contribution in [0, 0.1) is 0 Å². The van der Waals surface area contributed by atoms with Crippen LogP contribution in [-0.2, 0) is 0 Å². The van der Waals surface area contributed by atoms with Crippen molar-refractivity contribution < 1.29 is 5.11 Å². The fourth-order valence-electron chi connectivity index (χ4n) is 2.02. The molecule has 0 aromatic carbocycles. The number of unbranched alkanes of at least 4 members (excludes halogenated alkanes) is 8. The molecular weight excluding hydrogens is 240 g/mol. The van der Waals surface area contributed by atoms with E-state index in [1.165, 1.54) is 56.2 Å². The van der Waals surface area contributed by atoms with Gasteiger partial charge in [0.15, 0.2) is 0 Å². The number of aliphatic hydroxyl groups excluding tert-OH is 1. The maximum atomic E-state index is 8.65. The highest BCUT2D eigenvalue weighted by Crippen LogP contribution is 2.13. The van der Waals surface area contributed by atoms with Crippen molar-refractivity contribution in [3.05, 3.63) is 28.5 Å². The minimum absolute atomic E-state index is 0.358. The third-order valence-corrected chi connectivity index (χ3v) is 3.94. The van der Waals surface area contributed by atoms with E-state index >= 15 is 0 Å². The zero-order chi connectivity index (χ0) is 12.9. The Morgan fingerprint density at radius 3 is 2.22 bits per heavy atom. The first-order valence-electron chi connectivity index (χ1n) is 7.24. The smallest absolute Gasteiger partial charge is 0.0431 e. The maximum Gasteiger partial charge on any atom is 0.0431 e. The van der Waals surface area contributed by atoms with Crippen molar-refractivity contribution >= 4 is 17.4 Å². The largest absolute Gasteiger partial charge is 0.396 e. The highest BCUT2D eigenvalue weighted by molar-refractivity contribution is 7.10. The van der Waals surface area contributed by atoms with Crippen LogP contribution in [0.5, 0.6) is 0 Å². The highest BCUT2D eigenvalue weighted by Gasteiger charge is 1.91. The summed E-state index contributed by atoms with van der Waals surface area (Å²) in [7, 11) is 0. The van der Waals surface area contributed by atoms with Gasteiger partial charge in [-0.25, -0.2) is 0 Å². The van der Waals surface area contributed by atoms with Gasteiger partial charge in [0, 0.05) is 11.5 Å². The van der Waals surface area contributed by atoms with Gasteiger partial charge in [-0.2, -0.15) is 0 Å². The number of aliphatic hydroxyl groups is 1. The maximum absolute atomic E-state index is 8.65. The zero-order valence-electron chi connectivity index (χ0n) is 11.3. The van der Waals surface area contributed by atoms with E-state index in [0.29, 0.717) is 6.61 Å². The molecule has 1 nitrogen and oxygen atoms in total. The van der Waals surface area contributed by atoms with Crippen molar-refractivity contribution in [2.45, 2.75) is 57.8 Å². The Morgan fingerprint density at radius 1 is 0.944 bits per heavy atom.